The molecule has 19 heavy (non-hydrogen) atoms. The van der Waals surface area contributed by atoms with E-state index >= 15 is 0 Å². The van der Waals surface area contributed by atoms with Crippen LogP contribution in [-0.4, -0.2) is 34.6 Å². The van der Waals surface area contributed by atoms with Gasteiger partial charge in [-0.2, -0.15) is 0 Å². The van der Waals surface area contributed by atoms with Crippen molar-refractivity contribution >= 4 is 22.5 Å². The molecule has 0 saturated carbocycles. The molecular formula is C13H14ClN3O2. The number of aromatic amines is 1. The monoisotopic (exact) mass is 279 g/mol. The van der Waals surface area contributed by atoms with E-state index in [0.717, 1.165) is 13.0 Å². The Morgan fingerprint density at radius 2 is 2.16 bits per heavy atom. The zero-order chi connectivity index (χ0) is 13.6. The molecule has 0 bridgehead atoms. The lowest BCUT2D eigenvalue weighted by Gasteiger charge is -2.14. The smallest absolute Gasteiger partial charge is 0.307 e. The molecule has 1 N–H and O–H groups in total. The van der Waals surface area contributed by atoms with Crippen molar-refractivity contribution in [1.82, 2.24) is 14.5 Å². The Bertz CT molecular complexity index is 750. The third kappa shape index (κ3) is 1.99. The fraction of sp³-hybridized carbons (Fsp3) is 0.385. The molecule has 0 spiro atoms. The molecule has 0 amide bonds. The summed E-state index contributed by atoms with van der Waals surface area (Å²) in [6.07, 6.45) is 0.801. The van der Waals surface area contributed by atoms with Crippen LogP contribution in [0.15, 0.2) is 27.8 Å². The third-order valence-corrected chi connectivity index (χ3v) is 3.95. The van der Waals surface area contributed by atoms with Crippen molar-refractivity contribution in [3.63, 3.8) is 0 Å². The lowest BCUT2D eigenvalue weighted by atomic mass is 10.2. The summed E-state index contributed by atoms with van der Waals surface area (Å²) >= 11 is 6.08. The van der Waals surface area contributed by atoms with Crippen LogP contribution < -0.4 is 11.2 Å². The summed E-state index contributed by atoms with van der Waals surface area (Å²) < 4.78 is 1.30. The third-order valence-electron chi connectivity index (χ3n) is 3.64. The fourth-order valence-electron chi connectivity index (χ4n) is 2.69. The molecule has 1 saturated heterocycles. The predicted molar refractivity (Wildman–Crippen MR) is 75.0 cm³/mol. The van der Waals surface area contributed by atoms with Crippen LogP contribution >= 0.6 is 11.6 Å². The first-order chi connectivity index (χ1) is 9.08. The van der Waals surface area contributed by atoms with Gasteiger partial charge in [0.15, 0.2) is 0 Å². The molecule has 5 nitrogen and oxygen atoms in total. The van der Waals surface area contributed by atoms with Crippen LogP contribution in [0.1, 0.15) is 12.5 Å². The van der Waals surface area contributed by atoms with E-state index in [9.17, 15) is 9.59 Å². The van der Waals surface area contributed by atoms with E-state index in [1.807, 2.05) is 7.05 Å². The van der Waals surface area contributed by atoms with Gasteiger partial charge in [-0.25, -0.2) is 4.79 Å². The van der Waals surface area contributed by atoms with Crippen LogP contribution in [0.5, 0.6) is 0 Å². The maximum atomic E-state index is 12.5. The Morgan fingerprint density at radius 3 is 2.84 bits per heavy atom. The SMILES string of the molecule is CN1CCC(n2c(=O)[nH]c3cccc(Cl)c3c2=O)C1. The van der Waals surface area contributed by atoms with Gasteiger partial charge in [-0.1, -0.05) is 17.7 Å². The minimum absolute atomic E-state index is 0.0816. The van der Waals surface area contributed by atoms with Crippen molar-refractivity contribution in [3.05, 3.63) is 44.1 Å². The van der Waals surface area contributed by atoms with E-state index in [1.165, 1.54) is 4.57 Å². The molecule has 1 aliphatic rings. The Hall–Kier alpha value is -1.59. The molecule has 1 unspecified atom stereocenters. The highest BCUT2D eigenvalue weighted by molar-refractivity contribution is 6.35. The standard InChI is InChI=1S/C13H14ClN3O2/c1-16-6-5-8(7-16)17-12(18)11-9(14)3-2-4-10(11)15-13(17)19/h2-4,8H,5-7H2,1H3,(H,15,19). The van der Waals surface area contributed by atoms with Gasteiger partial charge in [0, 0.05) is 6.54 Å². The summed E-state index contributed by atoms with van der Waals surface area (Å²) in [5, 5.41) is 0.761. The Balaban J connectivity index is 2.29. The van der Waals surface area contributed by atoms with Crippen LogP contribution in [-0.2, 0) is 0 Å². The quantitative estimate of drug-likeness (QED) is 0.854. The van der Waals surface area contributed by atoms with Crippen LogP contribution in [0.4, 0.5) is 0 Å². The van der Waals surface area contributed by atoms with Crippen molar-refractivity contribution in [2.45, 2.75) is 12.5 Å². The first-order valence-electron chi connectivity index (χ1n) is 6.19. The molecular weight excluding hydrogens is 266 g/mol. The minimum Gasteiger partial charge on any atom is -0.307 e. The summed E-state index contributed by atoms with van der Waals surface area (Å²) in [5.74, 6) is 0. The number of likely N-dealkylation sites (tertiary alicyclic amines) is 1. The molecule has 3 rings (SSSR count). The van der Waals surface area contributed by atoms with Gasteiger partial charge in [-0.05, 0) is 32.1 Å². The maximum Gasteiger partial charge on any atom is 0.329 e. The van der Waals surface area contributed by atoms with Gasteiger partial charge in [0.05, 0.1) is 22.0 Å². The van der Waals surface area contributed by atoms with Gasteiger partial charge in [0.2, 0.25) is 0 Å². The largest absolute Gasteiger partial charge is 0.329 e. The summed E-state index contributed by atoms with van der Waals surface area (Å²) in [6, 6.07) is 4.99. The topological polar surface area (TPSA) is 58.1 Å². The number of H-pyrrole nitrogens is 1. The van der Waals surface area contributed by atoms with E-state index in [-0.39, 0.29) is 17.3 Å². The molecule has 0 radical (unpaired) electrons. The first-order valence-corrected chi connectivity index (χ1v) is 6.57. The second-order valence-electron chi connectivity index (χ2n) is 4.97. The van der Waals surface area contributed by atoms with Crippen LogP contribution in [0, 0.1) is 0 Å². The Labute approximate surface area is 114 Å². The molecule has 1 atom stereocenters. The fourth-order valence-corrected chi connectivity index (χ4v) is 2.94. The summed E-state index contributed by atoms with van der Waals surface area (Å²) in [6.45, 7) is 1.59. The highest BCUT2D eigenvalue weighted by Crippen LogP contribution is 2.20. The number of likely N-dealkylation sites (N-methyl/N-ethyl adjacent to an activating group) is 1. The van der Waals surface area contributed by atoms with Gasteiger partial charge in [-0.15, -0.1) is 0 Å². The van der Waals surface area contributed by atoms with Crippen LogP contribution in [0.25, 0.3) is 10.9 Å². The maximum absolute atomic E-state index is 12.5. The Kier molecular flexibility index (Phi) is 2.95. The van der Waals surface area contributed by atoms with Gasteiger partial charge in [-0.3, -0.25) is 9.36 Å². The molecule has 2 aromatic rings. The number of aromatic nitrogens is 2. The number of benzene rings is 1. The van der Waals surface area contributed by atoms with E-state index in [1.54, 1.807) is 18.2 Å². The molecule has 2 heterocycles. The number of halogens is 1. The first kappa shape index (κ1) is 12.4. The van der Waals surface area contributed by atoms with Crippen molar-refractivity contribution in [2.75, 3.05) is 20.1 Å². The van der Waals surface area contributed by atoms with Gasteiger partial charge >= 0.3 is 5.69 Å². The van der Waals surface area contributed by atoms with E-state index in [4.69, 9.17) is 11.6 Å². The van der Waals surface area contributed by atoms with Gasteiger partial charge < -0.3 is 9.88 Å². The number of hydrogen-bond acceptors (Lipinski definition) is 3. The second-order valence-corrected chi connectivity index (χ2v) is 5.38. The van der Waals surface area contributed by atoms with E-state index < -0.39 is 0 Å². The van der Waals surface area contributed by atoms with Crippen molar-refractivity contribution in [1.29, 1.82) is 0 Å². The van der Waals surface area contributed by atoms with Crippen molar-refractivity contribution in [2.24, 2.45) is 0 Å². The molecule has 6 heteroatoms. The number of hydrogen-bond donors (Lipinski definition) is 1. The molecule has 100 valence electrons. The van der Waals surface area contributed by atoms with Crippen LogP contribution in [0.2, 0.25) is 5.02 Å². The summed E-state index contributed by atoms with van der Waals surface area (Å²) in [5.41, 5.74) is -0.171. The highest BCUT2D eigenvalue weighted by atomic mass is 35.5. The van der Waals surface area contributed by atoms with Gasteiger partial charge in [0.25, 0.3) is 5.56 Å². The number of nitrogens with zero attached hydrogens (tertiary/aromatic N) is 2. The minimum atomic E-state index is -0.361. The lowest BCUT2D eigenvalue weighted by Crippen LogP contribution is -2.39. The summed E-state index contributed by atoms with van der Waals surface area (Å²) in [7, 11) is 1.98. The highest BCUT2D eigenvalue weighted by Gasteiger charge is 2.24. The summed E-state index contributed by atoms with van der Waals surface area (Å²) in [4.78, 5) is 29.4. The number of nitrogens with one attached hydrogen (secondary N) is 1. The Morgan fingerprint density at radius 1 is 1.37 bits per heavy atom. The lowest BCUT2D eigenvalue weighted by molar-refractivity contribution is 0.386. The number of rotatable bonds is 1. The zero-order valence-corrected chi connectivity index (χ0v) is 11.3. The molecule has 1 fully saturated rings. The molecule has 0 aliphatic carbocycles. The van der Waals surface area contributed by atoms with Crippen molar-refractivity contribution < 1.29 is 0 Å². The zero-order valence-electron chi connectivity index (χ0n) is 10.5. The second kappa shape index (κ2) is 4.51. The average Bonchev–Trinajstić information content (AvgIpc) is 2.75. The van der Waals surface area contributed by atoms with Gasteiger partial charge in [0.1, 0.15) is 0 Å². The van der Waals surface area contributed by atoms with Crippen molar-refractivity contribution in [3.8, 4) is 0 Å². The predicted octanol–water partition coefficient (Wildman–Crippen LogP) is 1.22. The molecule has 1 aliphatic heterocycles. The van der Waals surface area contributed by atoms with E-state index in [2.05, 4.69) is 9.88 Å². The molecule has 1 aromatic carbocycles. The van der Waals surface area contributed by atoms with Crippen LogP contribution in [0.3, 0.4) is 0 Å². The molecule has 1 aromatic heterocycles. The average molecular weight is 280 g/mol. The number of fused-ring (bicyclic) bond motifs is 1. The normalized spacial score (nSPS) is 20.2. The van der Waals surface area contributed by atoms with E-state index in [0.29, 0.717) is 22.5 Å².